The lowest BCUT2D eigenvalue weighted by molar-refractivity contribution is 0.187. The van der Waals surface area contributed by atoms with Crippen molar-refractivity contribution < 1.29 is 12.8 Å². The highest BCUT2D eigenvalue weighted by molar-refractivity contribution is 7.89. The summed E-state index contributed by atoms with van der Waals surface area (Å²) in [4.78, 5) is 2.51. The van der Waals surface area contributed by atoms with E-state index in [0.29, 0.717) is 60.7 Å². The largest absolute Gasteiger partial charge is 0.421 e. The lowest BCUT2D eigenvalue weighted by atomic mass is 10.2. The van der Waals surface area contributed by atoms with Gasteiger partial charge in [0.15, 0.2) is 0 Å². The van der Waals surface area contributed by atoms with Gasteiger partial charge in [-0.05, 0) is 26.0 Å². The van der Waals surface area contributed by atoms with Crippen LogP contribution >= 0.6 is 0 Å². The van der Waals surface area contributed by atoms with Crippen molar-refractivity contribution in [2.45, 2.75) is 25.2 Å². The molecule has 29 heavy (non-hydrogen) atoms. The van der Waals surface area contributed by atoms with E-state index in [0.717, 1.165) is 12.1 Å². The zero-order valence-corrected chi connectivity index (χ0v) is 17.3. The molecular formula is C19H24N6O3S. The predicted octanol–water partition coefficient (Wildman–Crippen LogP) is 1.63. The van der Waals surface area contributed by atoms with Crippen LogP contribution in [0.5, 0.6) is 0 Å². The van der Waals surface area contributed by atoms with Crippen LogP contribution in [0, 0.1) is 13.8 Å². The van der Waals surface area contributed by atoms with Crippen molar-refractivity contribution in [3.63, 3.8) is 0 Å². The molecule has 10 heteroatoms. The monoisotopic (exact) mass is 416 g/mol. The Balaban J connectivity index is 1.32. The highest BCUT2D eigenvalue weighted by Crippen LogP contribution is 2.23. The maximum Gasteiger partial charge on any atom is 0.247 e. The molecule has 0 unspecified atom stereocenters. The van der Waals surface area contributed by atoms with Crippen LogP contribution in [0.25, 0.3) is 11.5 Å². The van der Waals surface area contributed by atoms with Gasteiger partial charge in [0.1, 0.15) is 4.90 Å². The molecule has 3 aromatic rings. The molecule has 1 aliphatic rings. The van der Waals surface area contributed by atoms with Gasteiger partial charge in [0.25, 0.3) is 0 Å². The Bertz CT molecular complexity index is 1050. The molecule has 0 spiro atoms. The fourth-order valence-electron chi connectivity index (χ4n) is 3.55. The van der Waals surface area contributed by atoms with Crippen LogP contribution in [-0.2, 0) is 16.4 Å². The first-order chi connectivity index (χ1) is 13.9. The molecule has 2 aromatic heterocycles. The number of hydrogen-bond donors (Lipinski definition) is 1. The number of piperazine rings is 1. The van der Waals surface area contributed by atoms with Gasteiger partial charge >= 0.3 is 0 Å². The second-order valence-electron chi connectivity index (χ2n) is 7.13. The average Bonchev–Trinajstić information content (AvgIpc) is 3.34. The molecule has 1 N–H and O–H groups in total. The Morgan fingerprint density at radius 3 is 2.45 bits per heavy atom. The van der Waals surface area contributed by atoms with E-state index in [1.165, 1.54) is 4.31 Å². The fourth-order valence-corrected chi connectivity index (χ4v) is 5.30. The number of sulfonamides is 1. The van der Waals surface area contributed by atoms with Crippen LogP contribution in [-0.4, -0.2) is 70.7 Å². The topological polar surface area (TPSA) is 108 Å². The molecule has 0 amide bonds. The predicted molar refractivity (Wildman–Crippen MR) is 107 cm³/mol. The molecule has 9 nitrogen and oxygen atoms in total. The Hall–Kier alpha value is -2.56. The lowest BCUT2D eigenvalue weighted by Gasteiger charge is -2.33. The molecule has 0 saturated carbocycles. The summed E-state index contributed by atoms with van der Waals surface area (Å²) in [6, 6.07) is 9.66. The molecule has 1 saturated heterocycles. The Labute approximate surface area is 169 Å². The summed E-state index contributed by atoms with van der Waals surface area (Å²) in [5, 5.41) is 15.0. The second-order valence-corrected chi connectivity index (χ2v) is 9.00. The summed E-state index contributed by atoms with van der Waals surface area (Å²) in [7, 11) is -3.53. The van der Waals surface area contributed by atoms with Crippen LogP contribution < -0.4 is 0 Å². The van der Waals surface area contributed by atoms with Crippen molar-refractivity contribution in [2.24, 2.45) is 0 Å². The fraction of sp³-hybridized carbons (Fsp3) is 0.421. The minimum absolute atomic E-state index is 0.297. The molecule has 1 aromatic carbocycles. The van der Waals surface area contributed by atoms with Crippen molar-refractivity contribution >= 4 is 10.0 Å². The minimum Gasteiger partial charge on any atom is -0.421 e. The van der Waals surface area contributed by atoms with Crippen LogP contribution in [0.3, 0.4) is 0 Å². The van der Waals surface area contributed by atoms with E-state index in [2.05, 4.69) is 25.3 Å². The summed E-state index contributed by atoms with van der Waals surface area (Å²) in [5.41, 5.74) is 1.99. The van der Waals surface area contributed by atoms with Gasteiger partial charge in [-0.3, -0.25) is 5.10 Å². The average molecular weight is 417 g/mol. The van der Waals surface area contributed by atoms with E-state index in [1.807, 2.05) is 30.3 Å². The first-order valence-electron chi connectivity index (χ1n) is 9.57. The SMILES string of the molecule is Cc1n[nH]c(C)c1S(=O)(=O)N1CCN(CCc2nnc(-c3ccccc3)o2)CC1. The molecule has 1 fully saturated rings. The van der Waals surface area contributed by atoms with E-state index >= 15 is 0 Å². The van der Waals surface area contributed by atoms with Crippen molar-refractivity contribution in [1.82, 2.24) is 29.6 Å². The van der Waals surface area contributed by atoms with E-state index < -0.39 is 10.0 Å². The van der Waals surface area contributed by atoms with Crippen LogP contribution in [0.15, 0.2) is 39.6 Å². The van der Waals surface area contributed by atoms with Crippen molar-refractivity contribution in [3.8, 4) is 11.5 Å². The second kappa shape index (κ2) is 8.05. The molecule has 1 aliphatic heterocycles. The smallest absolute Gasteiger partial charge is 0.247 e. The number of hydrogen-bond acceptors (Lipinski definition) is 7. The molecule has 154 valence electrons. The number of nitrogens with one attached hydrogen (secondary N) is 1. The zero-order valence-electron chi connectivity index (χ0n) is 16.5. The van der Waals surface area contributed by atoms with Crippen LogP contribution in [0.2, 0.25) is 0 Å². The van der Waals surface area contributed by atoms with Gasteiger partial charge in [-0.2, -0.15) is 9.40 Å². The third-order valence-electron chi connectivity index (χ3n) is 5.12. The van der Waals surface area contributed by atoms with Crippen LogP contribution in [0.1, 0.15) is 17.3 Å². The molecule has 4 rings (SSSR count). The van der Waals surface area contributed by atoms with Gasteiger partial charge in [-0.15, -0.1) is 10.2 Å². The number of rotatable bonds is 6. The highest BCUT2D eigenvalue weighted by Gasteiger charge is 2.32. The van der Waals surface area contributed by atoms with E-state index in [1.54, 1.807) is 13.8 Å². The summed E-state index contributed by atoms with van der Waals surface area (Å²) in [5.74, 6) is 1.10. The molecule has 0 bridgehead atoms. The van der Waals surface area contributed by atoms with Gasteiger partial charge in [-0.25, -0.2) is 8.42 Å². The van der Waals surface area contributed by atoms with Gasteiger partial charge in [0.2, 0.25) is 21.8 Å². The van der Waals surface area contributed by atoms with E-state index in [9.17, 15) is 8.42 Å². The van der Waals surface area contributed by atoms with Gasteiger partial charge < -0.3 is 9.32 Å². The minimum atomic E-state index is -3.53. The van der Waals surface area contributed by atoms with Crippen molar-refractivity contribution in [1.29, 1.82) is 0 Å². The zero-order chi connectivity index (χ0) is 20.4. The molecular weight excluding hydrogens is 392 g/mol. The third kappa shape index (κ3) is 4.09. The summed E-state index contributed by atoms with van der Waals surface area (Å²) in [6.07, 6.45) is 0.631. The summed E-state index contributed by atoms with van der Waals surface area (Å²) in [6.45, 7) is 6.41. The van der Waals surface area contributed by atoms with Gasteiger partial charge in [0, 0.05) is 44.7 Å². The summed E-state index contributed by atoms with van der Waals surface area (Å²) < 4.78 is 33.1. The maximum atomic E-state index is 12.9. The molecule has 3 heterocycles. The number of aromatic nitrogens is 4. The molecule has 0 radical (unpaired) electrons. The number of benzene rings is 1. The van der Waals surface area contributed by atoms with Crippen molar-refractivity contribution in [2.75, 3.05) is 32.7 Å². The Morgan fingerprint density at radius 1 is 1.07 bits per heavy atom. The van der Waals surface area contributed by atoms with E-state index in [-0.39, 0.29) is 0 Å². The maximum absolute atomic E-state index is 12.9. The lowest BCUT2D eigenvalue weighted by Crippen LogP contribution is -2.49. The number of H-pyrrole nitrogens is 1. The normalized spacial score (nSPS) is 16.3. The molecule has 0 atom stereocenters. The third-order valence-corrected chi connectivity index (χ3v) is 7.28. The number of aryl methyl sites for hydroxylation is 2. The first-order valence-corrected chi connectivity index (χ1v) is 11.0. The summed E-state index contributed by atoms with van der Waals surface area (Å²) >= 11 is 0. The highest BCUT2D eigenvalue weighted by atomic mass is 32.2. The van der Waals surface area contributed by atoms with Gasteiger partial charge in [-0.1, -0.05) is 18.2 Å². The standard InChI is InChI=1S/C19H24N6O3S/c1-14-18(15(2)21-20-14)29(26,27)25-12-10-24(11-13-25)9-8-17-22-23-19(28-17)16-6-4-3-5-7-16/h3-7H,8-13H2,1-2H3,(H,20,21). The van der Waals surface area contributed by atoms with Crippen LogP contribution in [0.4, 0.5) is 0 Å². The van der Waals surface area contributed by atoms with E-state index in [4.69, 9.17) is 4.42 Å². The number of aromatic amines is 1. The number of nitrogens with zero attached hydrogens (tertiary/aromatic N) is 5. The molecule has 0 aliphatic carbocycles. The Morgan fingerprint density at radius 2 is 1.79 bits per heavy atom. The van der Waals surface area contributed by atoms with Crippen molar-refractivity contribution in [3.05, 3.63) is 47.6 Å². The van der Waals surface area contributed by atoms with Gasteiger partial charge in [0.05, 0.1) is 11.4 Å². The Kier molecular flexibility index (Phi) is 5.48. The quantitative estimate of drug-likeness (QED) is 0.650. The first kappa shape index (κ1) is 19.7.